The van der Waals surface area contributed by atoms with E-state index in [1.807, 2.05) is 41.1 Å². The summed E-state index contributed by atoms with van der Waals surface area (Å²) in [5, 5.41) is 8.58. The lowest BCUT2D eigenvalue weighted by Crippen LogP contribution is -2.04. The van der Waals surface area contributed by atoms with Gasteiger partial charge in [0.25, 0.3) is 0 Å². The lowest BCUT2D eigenvalue weighted by molar-refractivity contribution is 0.421. The predicted octanol–water partition coefficient (Wildman–Crippen LogP) is 3.49. The number of aromatic nitrogens is 5. The fourth-order valence-electron chi connectivity index (χ4n) is 2.53. The normalized spacial score (nSPS) is 11.0. The van der Waals surface area contributed by atoms with Crippen LogP contribution in [0, 0.1) is 12.7 Å². The Morgan fingerprint density at radius 1 is 1.12 bits per heavy atom. The average molecular weight is 335 g/mol. The van der Waals surface area contributed by atoms with Crippen LogP contribution in [0.1, 0.15) is 11.3 Å². The maximum atomic E-state index is 13.4. The van der Waals surface area contributed by atoms with Gasteiger partial charge in [0, 0.05) is 6.07 Å². The van der Waals surface area contributed by atoms with Crippen LogP contribution in [-0.2, 0) is 6.54 Å². The summed E-state index contributed by atoms with van der Waals surface area (Å²) in [5.74, 6) is -0.0698. The van der Waals surface area contributed by atoms with Crippen molar-refractivity contribution in [2.24, 2.45) is 0 Å². The summed E-state index contributed by atoms with van der Waals surface area (Å²) in [6.07, 6.45) is 2.66. The van der Waals surface area contributed by atoms with Crippen LogP contribution in [0.25, 0.3) is 22.9 Å². The smallest absolute Gasteiger partial charge is 0.180 e. The second kappa shape index (κ2) is 6.27. The molecule has 4 aromatic rings. The molecule has 0 radical (unpaired) electrons. The molecule has 3 aromatic heterocycles. The largest absolute Gasteiger partial charge is 0.364 e. The minimum absolute atomic E-state index is 0.283. The SMILES string of the molecule is Cc1nc(-c2cc(-c3ccon3)n(Cc3ccccc3)n2)ncc1F. The van der Waals surface area contributed by atoms with Gasteiger partial charge in [0.1, 0.15) is 17.7 Å². The van der Waals surface area contributed by atoms with Gasteiger partial charge in [-0.25, -0.2) is 14.4 Å². The van der Waals surface area contributed by atoms with Crippen molar-refractivity contribution in [3.05, 3.63) is 72.0 Å². The lowest BCUT2D eigenvalue weighted by Gasteiger charge is -2.05. The van der Waals surface area contributed by atoms with Crippen LogP contribution in [0.4, 0.5) is 4.39 Å². The zero-order valence-electron chi connectivity index (χ0n) is 13.4. The Kier molecular flexibility index (Phi) is 3.81. The third-order valence-corrected chi connectivity index (χ3v) is 3.80. The molecule has 4 rings (SSSR count). The van der Waals surface area contributed by atoms with E-state index in [1.54, 1.807) is 13.0 Å². The Morgan fingerprint density at radius 2 is 1.96 bits per heavy atom. The minimum atomic E-state index is -0.441. The highest BCUT2D eigenvalue weighted by Gasteiger charge is 2.16. The van der Waals surface area contributed by atoms with Gasteiger partial charge in [0.15, 0.2) is 11.6 Å². The van der Waals surface area contributed by atoms with Gasteiger partial charge in [-0.05, 0) is 18.6 Å². The van der Waals surface area contributed by atoms with Crippen LogP contribution in [-0.4, -0.2) is 24.9 Å². The highest BCUT2D eigenvalue weighted by Crippen LogP contribution is 2.24. The monoisotopic (exact) mass is 335 g/mol. The standard InChI is InChI=1S/C18H14FN5O/c1-12-14(19)10-20-18(21-12)16-9-17(15-7-8-25-23-15)24(22-16)11-13-5-3-2-4-6-13/h2-10H,11H2,1H3. The number of halogens is 1. The number of rotatable bonds is 4. The molecule has 0 unspecified atom stereocenters. The van der Waals surface area contributed by atoms with Crippen LogP contribution in [0.3, 0.4) is 0 Å². The van der Waals surface area contributed by atoms with E-state index in [2.05, 4.69) is 20.2 Å². The summed E-state index contributed by atoms with van der Waals surface area (Å²) in [5.41, 5.74) is 3.37. The van der Waals surface area contributed by atoms with E-state index in [1.165, 1.54) is 6.26 Å². The molecule has 0 fully saturated rings. The van der Waals surface area contributed by atoms with Crippen LogP contribution in [0.15, 0.2) is 59.4 Å². The van der Waals surface area contributed by atoms with Crippen molar-refractivity contribution >= 4 is 0 Å². The van der Waals surface area contributed by atoms with E-state index >= 15 is 0 Å². The molecule has 0 amide bonds. The van der Waals surface area contributed by atoms with Crippen molar-refractivity contribution in [2.45, 2.75) is 13.5 Å². The van der Waals surface area contributed by atoms with Gasteiger partial charge in [-0.3, -0.25) is 4.68 Å². The predicted molar refractivity (Wildman–Crippen MR) is 89.0 cm³/mol. The first kappa shape index (κ1) is 15.2. The number of benzene rings is 1. The van der Waals surface area contributed by atoms with Gasteiger partial charge in [0.05, 0.1) is 24.1 Å². The van der Waals surface area contributed by atoms with Crippen molar-refractivity contribution < 1.29 is 8.91 Å². The van der Waals surface area contributed by atoms with Gasteiger partial charge in [-0.1, -0.05) is 35.5 Å². The van der Waals surface area contributed by atoms with Gasteiger partial charge in [-0.15, -0.1) is 0 Å². The molecule has 0 saturated carbocycles. The van der Waals surface area contributed by atoms with E-state index in [9.17, 15) is 4.39 Å². The van der Waals surface area contributed by atoms with Crippen molar-refractivity contribution in [3.63, 3.8) is 0 Å². The molecule has 1 aromatic carbocycles. The van der Waals surface area contributed by atoms with E-state index in [-0.39, 0.29) is 5.69 Å². The fourth-order valence-corrected chi connectivity index (χ4v) is 2.53. The Morgan fingerprint density at radius 3 is 2.68 bits per heavy atom. The van der Waals surface area contributed by atoms with E-state index in [0.717, 1.165) is 17.5 Å². The summed E-state index contributed by atoms with van der Waals surface area (Å²) in [6.45, 7) is 2.16. The van der Waals surface area contributed by atoms with E-state index in [4.69, 9.17) is 4.52 Å². The average Bonchev–Trinajstić information content (AvgIpc) is 3.28. The van der Waals surface area contributed by atoms with Crippen LogP contribution >= 0.6 is 0 Å². The minimum Gasteiger partial charge on any atom is -0.364 e. The molecule has 0 aliphatic heterocycles. The molecule has 0 bridgehead atoms. The van der Waals surface area contributed by atoms with Crippen molar-refractivity contribution in [2.75, 3.05) is 0 Å². The topological polar surface area (TPSA) is 69.6 Å². The summed E-state index contributed by atoms with van der Waals surface area (Å²) in [6, 6.07) is 13.5. The zero-order chi connectivity index (χ0) is 17.2. The second-order valence-corrected chi connectivity index (χ2v) is 5.57. The molecule has 6 nitrogen and oxygen atoms in total. The van der Waals surface area contributed by atoms with Crippen molar-refractivity contribution in [1.29, 1.82) is 0 Å². The number of nitrogens with zero attached hydrogens (tertiary/aromatic N) is 5. The van der Waals surface area contributed by atoms with Gasteiger partial charge in [-0.2, -0.15) is 5.10 Å². The molecular formula is C18H14FN5O. The lowest BCUT2D eigenvalue weighted by atomic mass is 10.2. The van der Waals surface area contributed by atoms with Crippen molar-refractivity contribution in [1.82, 2.24) is 24.9 Å². The van der Waals surface area contributed by atoms with Crippen molar-refractivity contribution in [3.8, 4) is 22.9 Å². The third kappa shape index (κ3) is 3.03. The maximum Gasteiger partial charge on any atom is 0.180 e. The summed E-state index contributed by atoms with van der Waals surface area (Å²) in [7, 11) is 0. The molecule has 0 saturated heterocycles. The molecular weight excluding hydrogens is 321 g/mol. The molecule has 124 valence electrons. The quantitative estimate of drug-likeness (QED) is 0.571. The first-order valence-electron chi connectivity index (χ1n) is 7.73. The maximum absolute atomic E-state index is 13.4. The molecule has 0 spiro atoms. The molecule has 25 heavy (non-hydrogen) atoms. The Bertz CT molecular complexity index is 996. The Labute approximate surface area is 143 Å². The highest BCUT2D eigenvalue weighted by atomic mass is 19.1. The molecule has 0 aliphatic carbocycles. The summed E-state index contributed by atoms with van der Waals surface area (Å²) < 4.78 is 20.2. The molecule has 0 N–H and O–H groups in total. The first-order valence-corrected chi connectivity index (χ1v) is 7.73. The van der Waals surface area contributed by atoms with Gasteiger partial charge < -0.3 is 4.52 Å². The highest BCUT2D eigenvalue weighted by molar-refractivity contribution is 5.62. The van der Waals surface area contributed by atoms with Crippen LogP contribution in [0.5, 0.6) is 0 Å². The summed E-state index contributed by atoms with van der Waals surface area (Å²) >= 11 is 0. The molecule has 3 heterocycles. The summed E-state index contributed by atoms with van der Waals surface area (Å²) in [4.78, 5) is 8.23. The molecule has 7 heteroatoms. The number of hydrogen-bond donors (Lipinski definition) is 0. The fraction of sp³-hybridized carbons (Fsp3) is 0.111. The first-order chi connectivity index (χ1) is 12.2. The third-order valence-electron chi connectivity index (χ3n) is 3.80. The van der Waals surface area contributed by atoms with Gasteiger partial charge >= 0.3 is 0 Å². The Balaban J connectivity index is 1.79. The Hall–Kier alpha value is -3.35. The van der Waals surface area contributed by atoms with Crippen LogP contribution < -0.4 is 0 Å². The van der Waals surface area contributed by atoms with E-state index < -0.39 is 5.82 Å². The number of hydrogen-bond acceptors (Lipinski definition) is 5. The van der Waals surface area contributed by atoms with Gasteiger partial charge in [0.2, 0.25) is 0 Å². The van der Waals surface area contributed by atoms with E-state index in [0.29, 0.717) is 23.8 Å². The number of aryl methyl sites for hydroxylation is 1. The van der Waals surface area contributed by atoms with Crippen LogP contribution in [0.2, 0.25) is 0 Å². The molecule has 0 aliphatic rings. The molecule has 0 atom stereocenters. The zero-order valence-corrected chi connectivity index (χ0v) is 13.4. The second-order valence-electron chi connectivity index (χ2n) is 5.57.